The summed E-state index contributed by atoms with van der Waals surface area (Å²) in [7, 11) is 0. The van der Waals surface area contributed by atoms with Gasteiger partial charge in [0.15, 0.2) is 0 Å². The molecule has 1 atom stereocenters. The third-order valence-corrected chi connectivity index (χ3v) is 3.02. The fourth-order valence-corrected chi connectivity index (χ4v) is 1.96. The minimum absolute atomic E-state index is 0.497. The lowest BCUT2D eigenvalue weighted by atomic mass is 9.92. The molecule has 86 valence electrons. The molecule has 0 radical (unpaired) electrons. The molecule has 16 heavy (non-hydrogen) atoms. The van der Waals surface area contributed by atoms with E-state index in [1.165, 1.54) is 0 Å². The van der Waals surface area contributed by atoms with Gasteiger partial charge in [-0.05, 0) is 26.0 Å². The second-order valence-electron chi connectivity index (χ2n) is 4.53. The van der Waals surface area contributed by atoms with E-state index in [1.54, 1.807) is 38.3 Å². The van der Waals surface area contributed by atoms with Gasteiger partial charge in [-0.1, -0.05) is 17.7 Å². The van der Waals surface area contributed by atoms with E-state index in [0.29, 0.717) is 16.2 Å². The number of benzene rings is 1. The zero-order valence-corrected chi connectivity index (χ0v) is 9.95. The van der Waals surface area contributed by atoms with Gasteiger partial charge < -0.3 is 15.3 Å². The molecule has 0 aliphatic heterocycles. The average Bonchev–Trinajstić information content (AvgIpc) is 2.64. The van der Waals surface area contributed by atoms with Crippen molar-refractivity contribution in [1.82, 2.24) is 0 Å². The SMILES string of the molecule is CC(C)(N)C(O)c1ccc2occc2c1Cl. The third-order valence-electron chi connectivity index (χ3n) is 2.60. The molecule has 0 saturated heterocycles. The average molecular weight is 240 g/mol. The van der Waals surface area contributed by atoms with Gasteiger partial charge >= 0.3 is 0 Å². The first-order chi connectivity index (χ1) is 7.41. The van der Waals surface area contributed by atoms with Gasteiger partial charge in [0.05, 0.1) is 17.4 Å². The number of fused-ring (bicyclic) bond motifs is 1. The fraction of sp³-hybridized carbons (Fsp3) is 0.333. The number of hydrogen-bond acceptors (Lipinski definition) is 3. The fourth-order valence-electron chi connectivity index (χ4n) is 1.64. The summed E-state index contributed by atoms with van der Waals surface area (Å²) in [4.78, 5) is 0. The van der Waals surface area contributed by atoms with E-state index in [0.717, 1.165) is 5.39 Å². The van der Waals surface area contributed by atoms with Crippen molar-refractivity contribution in [3.63, 3.8) is 0 Å². The van der Waals surface area contributed by atoms with Crippen LogP contribution in [0.3, 0.4) is 0 Å². The Labute approximate surface area is 98.8 Å². The number of halogens is 1. The predicted molar refractivity (Wildman–Crippen MR) is 64.5 cm³/mol. The molecule has 0 aliphatic carbocycles. The van der Waals surface area contributed by atoms with Crippen LogP contribution in [-0.4, -0.2) is 10.6 Å². The molecule has 1 unspecified atom stereocenters. The Morgan fingerprint density at radius 1 is 1.38 bits per heavy atom. The summed E-state index contributed by atoms with van der Waals surface area (Å²) in [6, 6.07) is 5.30. The number of aliphatic hydroxyl groups excluding tert-OH is 1. The third kappa shape index (κ3) is 1.82. The van der Waals surface area contributed by atoms with Crippen molar-refractivity contribution in [2.24, 2.45) is 5.73 Å². The van der Waals surface area contributed by atoms with Crippen LogP contribution in [0.5, 0.6) is 0 Å². The zero-order valence-electron chi connectivity index (χ0n) is 9.20. The van der Waals surface area contributed by atoms with Crippen LogP contribution in [-0.2, 0) is 0 Å². The maximum atomic E-state index is 10.1. The molecule has 3 nitrogen and oxygen atoms in total. The Morgan fingerprint density at radius 3 is 2.69 bits per heavy atom. The van der Waals surface area contributed by atoms with Crippen molar-refractivity contribution in [3.8, 4) is 0 Å². The highest BCUT2D eigenvalue weighted by atomic mass is 35.5. The molecule has 2 rings (SSSR count). The number of nitrogens with two attached hydrogens (primary N) is 1. The maximum absolute atomic E-state index is 10.1. The molecule has 0 spiro atoms. The molecule has 2 aromatic rings. The van der Waals surface area contributed by atoms with Gasteiger partial charge in [-0.3, -0.25) is 0 Å². The quantitative estimate of drug-likeness (QED) is 0.847. The summed E-state index contributed by atoms with van der Waals surface area (Å²) < 4.78 is 5.22. The van der Waals surface area contributed by atoms with Gasteiger partial charge in [-0.25, -0.2) is 0 Å². The summed E-state index contributed by atoms with van der Waals surface area (Å²) >= 11 is 6.21. The highest BCUT2D eigenvalue weighted by Gasteiger charge is 2.27. The lowest BCUT2D eigenvalue weighted by Crippen LogP contribution is -2.39. The second-order valence-corrected chi connectivity index (χ2v) is 4.90. The number of furan rings is 1. The number of rotatable bonds is 2. The normalized spacial score (nSPS) is 14.3. The number of aliphatic hydroxyl groups is 1. The van der Waals surface area contributed by atoms with Crippen molar-refractivity contribution in [1.29, 1.82) is 0 Å². The van der Waals surface area contributed by atoms with Gasteiger partial charge in [-0.2, -0.15) is 0 Å². The van der Waals surface area contributed by atoms with Gasteiger partial charge in [-0.15, -0.1) is 0 Å². The van der Waals surface area contributed by atoms with Gasteiger partial charge in [0, 0.05) is 16.5 Å². The first-order valence-corrected chi connectivity index (χ1v) is 5.41. The van der Waals surface area contributed by atoms with Crippen molar-refractivity contribution >= 4 is 22.6 Å². The Kier molecular flexibility index (Phi) is 2.70. The topological polar surface area (TPSA) is 59.4 Å². The van der Waals surface area contributed by atoms with E-state index in [1.807, 2.05) is 0 Å². The van der Waals surface area contributed by atoms with Crippen LogP contribution in [0.15, 0.2) is 28.9 Å². The monoisotopic (exact) mass is 239 g/mol. The molecule has 0 amide bonds. The van der Waals surface area contributed by atoms with E-state index in [4.69, 9.17) is 21.8 Å². The summed E-state index contributed by atoms with van der Waals surface area (Å²) in [6.07, 6.45) is 0.764. The molecule has 1 aromatic carbocycles. The van der Waals surface area contributed by atoms with Crippen LogP contribution in [0.2, 0.25) is 5.02 Å². The lowest BCUT2D eigenvalue weighted by Gasteiger charge is -2.26. The largest absolute Gasteiger partial charge is 0.464 e. The van der Waals surface area contributed by atoms with Gasteiger partial charge in [0.1, 0.15) is 5.58 Å². The summed E-state index contributed by atoms with van der Waals surface area (Å²) in [5, 5.41) is 11.4. The van der Waals surface area contributed by atoms with Crippen LogP contribution >= 0.6 is 11.6 Å². The zero-order chi connectivity index (χ0) is 11.9. The minimum Gasteiger partial charge on any atom is -0.464 e. The van der Waals surface area contributed by atoms with Crippen molar-refractivity contribution in [2.75, 3.05) is 0 Å². The van der Waals surface area contributed by atoms with E-state index in [9.17, 15) is 5.11 Å². The van der Waals surface area contributed by atoms with Crippen molar-refractivity contribution < 1.29 is 9.52 Å². The van der Waals surface area contributed by atoms with Crippen LogP contribution in [0, 0.1) is 0 Å². The lowest BCUT2D eigenvalue weighted by molar-refractivity contribution is 0.105. The van der Waals surface area contributed by atoms with Crippen molar-refractivity contribution in [3.05, 3.63) is 35.0 Å². The summed E-state index contributed by atoms with van der Waals surface area (Å²) in [5.74, 6) is 0. The van der Waals surface area contributed by atoms with Crippen LogP contribution in [0.25, 0.3) is 11.0 Å². The van der Waals surface area contributed by atoms with E-state index in [-0.39, 0.29) is 0 Å². The van der Waals surface area contributed by atoms with E-state index < -0.39 is 11.6 Å². The standard InChI is InChI=1S/C12H14ClNO2/c1-12(2,14)11(15)8-3-4-9-7(10(8)13)5-6-16-9/h3-6,11,15H,14H2,1-2H3. The maximum Gasteiger partial charge on any atom is 0.135 e. The Morgan fingerprint density at radius 2 is 2.06 bits per heavy atom. The predicted octanol–water partition coefficient (Wildman–Crippen LogP) is 2.86. The Balaban J connectivity index is 2.57. The molecule has 1 heterocycles. The first-order valence-electron chi connectivity index (χ1n) is 5.04. The second kappa shape index (κ2) is 3.77. The molecular weight excluding hydrogens is 226 g/mol. The van der Waals surface area contributed by atoms with Crippen LogP contribution in [0.1, 0.15) is 25.5 Å². The molecule has 4 heteroatoms. The highest BCUT2D eigenvalue weighted by molar-refractivity contribution is 6.36. The minimum atomic E-state index is -0.806. The molecule has 1 aromatic heterocycles. The van der Waals surface area contributed by atoms with Gasteiger partial charge in [0.25, 0.3) is 0 Å². The van der Waals surface area contributed by atoms with Crippen LogP contribution in [0.4, 0.5) is 0 Å². The van der Waals surface area contributed by atoms with Crippen molar-refractivity contribution in [2.45, 2.75) is 25.5 Å². The molecule has 0 aliphatic rings. The number of hydrogen-bond donors (Lipinski definition) is 2. The highest BCUT2D eigenvalue weighted by Crippen LogP contribution is 2.34. The smallest absolute Gasteiger partial charge is 0.135 e. The molecule has 0 fully saturated rings. The Bertz CT molecular complexity index is 513. The van der Waals surface area contributed by atoms with E-state index in [2.05, 4.69) is 0 Å². The van der Waals surface area contributed by atoms with E-state index >= 15 is 0 Å². The molecule has 3 N–H and O–H groups in total. The summed E-state index contributed by atoms with van der Waals surface area (Å²) in [5.41, 5.74) is 6.46. The molecule has 0 saturated carbocycles. The summed E-state index contributed by atoms with van der Waals surface area (Å²) in [6.45, 7) is 3.52. The molecular formula is C12H14ClNO2. The first kappa shape index (κ1) is 11.5. The Hall–Kier alpha value is -1.03. The molecule has 0 bridgehead atoms. The van der Waals surface area contributed by atoms with Crippen LogP contribution < -0.4 is 5.73 Å². The van der Waals surface area contributed by atoms with Gasteiger partial charge in [0.2, 0.25) is 0 Å².